The van der Waals surface area contributed by atoms with Crippen LogP contribution in [0.3, 0.4) is 0 Å². The van der Waals surface area contributed by atoms with E-state index in [1.807, 2.05) is 29.7 Å². The first-order chi connectivity index (χ1) is 7.66. The van der Waals surface area contributed by atoms with Gasteiger partial charge in [0.2, 0.25) is 0 Å². The first kappa shape index (κ1) is 11.4. The molecule has 1 aliphatic heterocycles. The summed E-state index contributed by atoms with van der Waals surface area (Å²) in [6, 6.07) is 7.47. The average molecular weight is 256 g/mol. The number of rotatable bonds is 3. The van der Waals surface area contributed by atoms with E-state index in [0.717, 1.165) is 5.56 Å². The molecule has 0 aliphatic carbocycles. The first-order valence-corrected chi connectivity index (χ1v) is 6.04. The van der Waals surface area contributed by atoms with Crippen molar-refractivity contribution >= 4 is 29.3 Å². The first-order valence-electron chi connectivity index (χ1n) is 4.72. The molecule has 0 amide bonds. The fourth-order valence-electron chi connectivity index (χ4n) is 1.53. The van der Waals surface area contributed by atoms with Crippen molar-refractivity contribution in [2.45, 2.75) is 5.37 Å². The van der Waals surface area contributed by atoms with E-state index in [1.165, 1.54) is 0 Å². The van der Waals surface area contributed by atoms with E-state index in [0.29, 0.717) is 5.02 Å². The molecule has 5 heteroatoms. The molecule has 3 nitrogen and oxygen atoms in total. The number of carbonyl (C=O) groups is 1. The van der Waals surface area contributed by atoms with Crippen LogP contribution in [0.1, 0.15) is 10.9 Å². The third kappa shape index (κ3) is 2.51. The second-order valence-electron chi connectivity index (χ2n) is 3.39. The molecule has 1 atom stereocenters. The third-order valence-electron chi connectivity index (χ3n) is 2.23. The Labute approximate surface area is 103 Å². The van der Waals surface area contributed by atoms with Crippen LogP contribution in [0, 0.1) is 0 Å². The number of nitrogens with zero attached hydrogens (tertiary/aromatic N) is 1. The van der Waals surface area contributed by atoms with Crippen LogP contribution in [0.4, 0.5) is 0 Å². The van der Waals surface area contributed by atoms with E-state index in [2.05, 4.69) is 0 Å². The molecule has 0 saturated carbocycles. The zero-order chi connectivity index (χ0) is 11.5. The highest BCUT2D eigenvalue weighted by Gasteiger charge is 2.23. The average Bonchev–Trinajstić information content (AvgIpc) is 2.66. The largest absolute Gasteiger partial charge is 0.480 e. The minimum absolute atomic E-state index is 0.0107. The number of benzene rings is 1. The minimum Gasteiger partial charge on any atom is -0.480 e. The lowest BCUT2D eigenvalue weighted by atomic mass is 10.2. The van der Waals surface area contributed by atoms with Crippen molar-refractivity contribution in [2.75, 3.05) is 6.54 Å². The van der Waals surface area contributed by atoms with Gasteiger partial charge in [-0.15, -0.1) is 11.8 Å². The summed E-state index contributed by atoms with van der Waals surface area (Å²) in [5.41, 5.74) is 1.06. The molecule has 1 aromatic carbocycles. The van der Waals surface area contributed by atoms with Gasteiger partial charge in [0.25, 0.3) is 0 Å². The van der Waals surface area contributed by atoms with E-state index >= 15 is 0 Å². The second-order valence-corrected chi connectivity index (χ2v) is 4.82. The summed E-state index contributed by atoms with van der Waals surface area (Å²) in [4.78, 5) is 12.5. The maximum Gasteiger partial charge on any atom is 0.323 e. The fourth-order valence-corrected chi connectivity index (χ4v) is 2.65. The topological polar surface area (TPSA) is 40.5 Å². The maximum atomic E-state index is 10.7. The lowest BCUT2D eigenvalue weighted by Gasteiger charge is -2.23. The highest BCUT2D eigenvalue weighted by atomic mass is 35.5. The Balaban J connectivity index is 2.14. The van der Waals surface area contributed by atoms with Gasteiger partial charge in [0, 0.05) is 11.2 Å². The molecule has 0 radical (unpaired) electrons. The summed E-state index contributed by atoms with van der Waals surface area (Å²) in [6.07, 6.45) is 1.80. The number of hydrogen-bond donors (Lipinski definition) is 1. The smallest absolute Gasteiger partial charge is 0.323 e. The van der Waals surface area contributed by atoms with Gasteiger partial charge in [-0.2, -0.15) is 0 Å². The van der Waals surface area contributed by atoms with E-state index in [4.69, 9.17) is 16.7 Å². The van der Waals surface area contributed by atoms with E-state index in [1.54, 1.807) is 22.9 Å². The van der Waals surface area contributed by atoms with E-state index in [9.17, 15) is 4.79 Å². The number of aliphatic carboxylic acids is 1. The Morgan fingerprint density at radius 1 is 1.44 bits per heavy atom. The summed E-state index contributed by atoms with van der Waals surface area (Å²) >= 11 is 7.40. The van der Waals surface area contributed by atoms with Gasteiger partial charge < -0.3 is 10.0 Å². The normalized spacial score (nSPS) is 19.1. The van der Waals surface area contributed by atoms with Crippen molar-refractivity contribution in [1.29, 1.82) is 0 Å². The quantitative estimate of drug-likeness (QED) is 0.902. The van der Waals surface area contributed by atoms with Crippen molar-refractivity contribution in [3.05, 3.63) is 46.5 Å². The molecule has 16 heavy (non-hydrogen) atoms. The summed E-state index contributed by atoms with van der Waals surface area (Å²) in [7, 11) is 0. The highest BCUT2D eigenvalue weighted by molar-refractivity contribution is 8.02. The Morgan fingerprint density at radius 2 is 2.12 bits per heavy atom. The highest BCUT2D eigenvalue weighted by Crippen LogP contribution is 2.38. The fraction of sp³-hybridized carbons (Fsp3) is 0.182. The monoisotopic (exact) mass is 255 g/mol. The van der Waals surface area contributed by atoms with Crippen LogP contribution in [-0.4, -0.2) is 22.5 Å². The molecular weight excluding hydrogens is 246 g/mol. The maximum absolute atomic E-state index is 10.7. The van der Waals surface area contributed by atoms with Crippen LogP contribution in [0.2, 0.25) is 5.02 Å². The Morgan fingerprint density at radius 3 is 2.75 bits per heavy atom. The molecule has 1 aliphatic rings. The lowest BCUT2D eigenvalue weighted by molar-refractivity contribution is -0.137. The second kappa shape index (κ2) is 4.80. The van der Waals surface area contributed by atoms with Gasteiger partial charge in [-0.05, 0) is 23.1 Å². The van der Waals surface area contributed by atoms with Crippen LogP contribution in [0.15, 0.2) is 35.9 Å². The number of carboxylic acid groups (broad SMARTS) is 1. The zero-order valence-electron chi connectivity index (χ0n) is 8.34. The van der Waals surface area contributed by atoms with Gasteiger partial charge in [0.05, 0.1) is 0 Å². The van der Waals surface area contributed by atoms with Crippen molar-refractivity contribution in [1.82, 2.24) is 4.90 Å². The molecule has 84 valence electrons. The van der Waals surface area contributed by atoms with Gasteiger partial charge >= 0.3 is 5.97 Å². The predicted octanol–water partition coefficient (Wildman–Crippen LogP) is 2.94. The summed E-state index contributed by atoms with van der Waals surface area (Å²) in [5.74, 6) is -0.828. The van der Waals surface area contributed by atoms with Crippen LogP contribution < -0.4 is 0 Å². The molecule has 0 bridgehead atoms. The SMILES string of the molecule is O=C(O)CN1C=CSC1c1ccc(Cl)cc1. The van der Waals surface area contributed by atoms with Gasteiger partial charge in [-0.1, -0.05) is 23.7 Å². The minimum atomic E-state index is -0.828. The van der Waals surface area contributed by atoms with Gasteiger partial charge in [-0.25, -0.2) is 0 Å². The van der Waals surface area contributed by atoms with Crippen LogP contribution in [0.5, 0.6) is 0 Å². The Hall–Kier alpha value is -1.13. The molecule has 0 spiro atoms. The molecule has 1 heterocycles. The van der Waals surface area contributed by atoms with Gasteiger partial charge in [0.15, 0.2) is 0 Å². The molecule has 1 unspecified atom stereocenters. The number of thioether (sulfide) groups is 1. The number of hydrogen-bond acceptors (Lipinski definition) is 3. The van der Waals surface area contributed by atoms with Crippen molar-refractivity contribution in [2.24, 2.45) is 0 Å². The molecule has 1 N–H and O–H groups in total. The summed E-state index contributed by atoms with van der Waals surface area (Å²) in [6.45, 7) is 0.0107. The van der Waals surface area contributed by atoms with E-state index in [-0.39, 0.29) is 11.9 Å². The predicted molar refractivity (Wildman–Crippen MR) is 65.3 cm³/mol. The Bertz CT molecular complexity index is 418. The number of halogens is 1. The van der Waals surface area contributed by atoms with Crippen molar-refractivity contribution in [3.8, 4) is 0 Å². The molecule has 2 rings (SSSR count). The van der Waals surface area contributed by atoms with Crippen molar-refractivity contribution in [3.63, 3.8) is 0 Å². The van der Waals surface area contributed by atoms with Crippen LogP contribution in [0.25, 0.3) is 0 Å². The molecule has 0 saturated heterocycles. The molecule has 1 aromatic rings. The van der Waals surface area contributed by atoms with E-state index < -0.39 is 5.97 Å². The molecule has 0 aromatic heterocycles. The third-order valence-corrected chi connectivity index (χ3v) is 3.57. The van der Waals surface area contributed by atoms with Gasteiger partial charge in [0.1, 0.15) is 11.9 Å². The standard InChI is InChI=1S/C11H10ClNO2S/c12-9-3-1-8(2-4-9)11-13(5-6-16-11)7-10(14)15/h1-6,11H,7H2,(H,14,15). The van der Waals surface area contributed by atoms with Gasteiger partial charge in [-0.3, -0.25) is 4.79 Å². The summed E-state index contributed by atoms with van der Waals surface area (Å²) in [5, 5.41) is 11.4. The lowest BCUT2D eigenvalue weighted by Crippen LogP contribution is -2.25. The Kier molecular flexibility index (Phi) is 3.41. The van der Waals surface area contributed by atoms with Crippen LogP contribution >= 0.6 is 23.4 Å². The molecular formula is C11H10ClNO2S. The van der Waals surface area contributed by atoms with Crippen molar-refractivity contribution < 1.29 is 9.90 Å². The molecule has 0 fully saturated rings. The van der Waals surface area contributed by atoms with Crippen LogP contribution in [-0.2, 0) is 4.79 Å². The summed E-state index contributed by atoms with van der Waals surface area (Å²) < 4.78 is 0. The number of carboxylic acids is 1. The zero-order valence-corrected chi connectivity index (χ0v) is 9.91.